The highest BCUT2D eigenvalue weighted by Gasteiger charge is 2.28. The molecule has 2 N–H and O–H groups in total. The molecule has 1 aliphatic heterocycles. The van der Waals surface area contributed by atoms with Crippen LogP contribution in [0.1, 0.15) is 24.2 Å². The number of carbonyl (C=O) groups excluding carboxylic acids is 1. The molecule has 2 atom stereocenters. The summed E-state index contributed by atoms with van der Waals surface area (Å²) in [4.78, 5) is 11.5. The van der Waals surface area contributed by atoms with Gasteiger partial charge in [0.15, 0.2) is 0 Å². The van der Waals surface area contributed by atoms with Crippen molar-refractivity contribution in [1.82, 2.24) is 10.6 Å². The van der Waals surface area contributed by atoms with Gasteiger partial charge in [0.2, 0.25) is 5.91 Å². The van der Waals surface area contributed by atoms with E-state index in [4.69, 9.17) is 4.74 Å². The monoisotopic (exact) mass is 300 g/mol. The van der Waals surface area contributed by atoms with Crippen LogP contribution in [0.5, 0.6) is 5.75 Å². The van der Waals surface area contributed by atoms with E-state index in [1.54, 1.807) is 6.07 Å². The molecule has 1 saturated heterocycles. The summed E-state index contributed by atoms with van der Waals surface area (Å²) in [6.07, 6.45) is -0.167. The number of carbonyl (C=O) groups is 1. The topological polar surface area (TPSA) is 50.4 Å². The summed E-state index contributed by atoms with van der Waals surface area (Å²) in [5, 5.41) is 6.03. The Hall–Kier alpha value is -2.40. The van der Waals surface area contributed by atoms with E-state index in [0.717, 1.165) is 11.1 Å². The maximum absolute atomic E-state index is 13.1. The molecule has 2 aromatic carbocycles. The minimum atomic E-state index is -0.270. The highest BCUT2D eigenvalue weighted by Crippen LogP contribution is 2.20. The summed E-state index contributed by atoms with van der Waals surface area (Å²) in [6, 6.07) is 13.6. The Morgan fingerprint density at radius 2 is 1.95 bits per heavy atom. The van der Waals surface area contributed by atoms with Gasteiger partial charge in [0.25, 0.3) is 0 Å². The van der Waals surface area contributed by atoms with Gasteiger partial charge in [-0.15, -0.1) is 0 Å². The van der Waals surface area contributed by atoms with Crippen LogP contribution in [0.25, 0.3) is 0 Å². The minimum absolute atomic E-state index is 0.00330. The van der Waals surface area contributed by atoms with Crippen LogP contribution in [-0.2, 0) is 11.4 Å². The standard InChI is InChI=1S/C17H17FN2O2/c1-11-17(21)20-16(19-11)13-5-7-15(8-6-13)22-10-12-3-2-4-14(18)9-12/h2-9,11,16,19H,10H2,1H3,(H,20,21)/t11-,16?/m1/s1. The van der Waals surface area contributed by atoms with Crippen molar-refractivity contribution in [1.29, 1.82) is 0 Å². The van der Waals surface area contributed by atoms with Gasteiger partial charge >= 0.3 is 0 Å². The van der Waals surface area contributed by atoms with Crippen LogP contribution in [0.3, 0.4) is 0 Å². The SMILES string of the molecule is C[C@H]1NC(c2ccc(OCc3cccc(F)c3)cc2)NC1=O. The largest absolute Gasteiger partial charge is 0.489 e. The third-order valence-corrected chi connectivity index (χ3v) is 3.60. The van der Waals surface area contributed by atoms with E-state index < -0.39 is 0 Å². The molecule has 3 rings (SSSR count). The van der Waals surface area contributed by atoms with E-state index in [1.807, 2.05) is 37.3 Å². The minimum Gasteiger partial charge on any atom is -0.489 e. The summed E-state index contributed by atoms with van der Waals surface area (Å²) < 4.78 is 18.7. The van der Waals surface area contributed by atoms with Crippen molar-refractivity contribution in [3.05, 3.63) is 65.5 Å². The normalized spacial score (nSPS) is 20.7. The van der Waals surface area contributed by atoms with Gasteiger partial charge in [0.05, 0.1) is 6.04 Å². The first-order chi connectivity index (χ1) is 10.6. The fourth-order valence-corrected chi connectivity index (χ4v) is 2.36. The van der Waals surface area contributed by atoms with Gasteiger partial charge < -0.3 is 10.1 Å². The Balaban J connectivity index is 1.61. The number of hydrogen-bond donors (Lipinski definition) is 2. The van der Waals surface area contributed by atoms with Gasteiger partial charge in [-0.3, -0.25) is 10.1 Å². The molecule has 0 aliphatic carbocycles. The summed E-state index contributed by atoms with van der Waals surface area (Å²) in [5.41, 5.74) is 1.75. The number of halogens is 1. The van der Waals surface area contributed by atoms with Crippen molar-refractivity contribution >= 4 is 5.91 Å². The first kappa shape index (κ1) is 14.5. The molecule has 1 unspecified atom stereocenters. The van der Waals surface area contributed by atoms with Crippen LogP contribution in [0.2, 0.25) is 0 Å². The first-order valence-corrected chi connectivity index (χ1v) is 7.15. The third-order valence-electron chi connectivity index (χ3n) is 3.60. The summed E-state index contributed by atoms with van der Waals surface area (Å²) in [5.74, 6) is 0.426. The van der Waals surface area contributed by atoms with Crippen LogP contribution < -0.4 is 15.4 Å². The molecule has 0 radical (unpaired) electrons. The summed E-state index contributed by atoms with van der Waals surface area (Å²) in [6.45, 7) is 2.14. The van der Waals surface area contributed by atoms with E-state index >= 15 is 0 Å². The lowest BCUT2D eigenvalue weighted by atomic mass is 10.1. The highest BCUT2D eigenvalue weighted by atomic mass is 19.1. The molecule has 1 aliphatic rings. The first-order valence-electron chi connectivity index (χ1n) is 7.15. The van der Waals surface area contributed by atoms with Gasteiger partial charge in [-0.1, -0.05) is 24.3 Å². The number of benzene rings is 2. The molecule has 2 aromatic rings. The van der Waals surface area contributed by atoms with E-state index in [9.17, 15) is 9.18 Å². The van der Waals surface area contributed by atoms with Crippen molar-refractivity contribution in [2.24, 2.45) is 0 Å². The summed E-state index contributed by atoms with van der Waals surface area (Å²) >= 11 is 0. The van der Waals surface area contributed by atoms with Gasteiger partial charge in [0, 0.05) is 0 Å². The zero-order chi connectivity index (χ0) is 15.5. The van der Waals surface area contributed by atoms with E-state index in [2.05, 4.69) is 10.6 Å². The molecule has 0 aromatic heterocycles. The molecular formula is C17H17FN2O2. The molecule has 0 bridgehead atoms. The molecule has 5 heteroatoms. The number of ether oxygens (including phenoxy) is 1. The molecular weight excluding hydrogens is 283 g/mol. The maximum atomic E-state index is 13.1. The van der Waals surface area contributed by atoms with Crippen LogP contribution in [0.15, 0.2) is 48.5 Å². The molecule has 1 heterocycles. The van der Waals surface area contributed by atoms with Crippen molar-refractivity contribution < 1.29 is 13.9 Å². The van der Waals surface area contributed by atoms with Crippen molar-refractivity contribution in [3.63, 3.8) is 0 Å². The predicted molar refractivity (Wildman–Crippen MR) is 80.7 cm³/mol. The second-order valence-corrected chi connectivity index (χ2v) is 5.32. The zero-order valence-corrected chi connectivity index (χ0v) is 12.2. The van der Waals surface area contributed by atoms with Crippen LogP contribution in [0, 0.1) is 5.82 Å². The third kappa shape index (κ3) is 3.26. The number of amides is 1. The second kappa shape index (κ2) is 6.15. The smallest absolute Gasteiger partial charge is 0.238 e. The Morgan fingerprint density at radius 1 is 1.18 bits per heavy atom. The highest BCUT2D eigenvalue weighted by molar-refractivity contribution is 5.83. The molecule has 1 fully saturated rings. The number of hydrogen-bond acceptors (Lipinski definition) is 3. The quantitative estimate of drug-likeness (QED) is 0.912. The lowest BCUT2D eigenvalue weighted by Crippen LogP contribution is -2.24. The Kier molecular flexibility index (Phi) is 4.06. The maximum Gasteiger partial charge on any atom is 0.238 e. The van der Waals surface area contributed by atoms with E-state index in [1.165, 1.54) is 12.1 Å². The van der Waals surface area contributed by atoms with Crippen LogP contribution >= 0.6 is 0 Å². The Labute approximate surface area is 128 Å². The predicted octanol–water partition coefficient (Wildman–Crippen LogP) is 2.51. The summed E-state index contributed by atoms with van der Waals surface area (Å²) in [7, 11) is 0. The van der Waals surface area contributed by atoms with Crippen molar-refractivity contribution in [2.45, 2.75) is 25.7 Å². The van der Waals surface area contributed by atoms with Crippen molar-refractivity contribution in [3.8, 4) is 5.75 Å². The molecule has 1 amide bonds. The average molecular weight is 300 g/mol. The van der Waals surface area contributed by atoms with Gasteiger partial charge in [-0.25, -0.2) is 4.39 Å². The molecule has 4 nitrogen and oxygen atoms in total. The lowest BCUT2D eigenvalue weighted by molar-refractivity contribution is -0.120. The fraction of sp³-hybridized carbons (Fsp3) is 0.235. The Morgan fingerprint density at radius 3 is 2.59 bits per heavy atom. The number of nitrogens with one attached hydrogen (secondary N) is 2. The molecule has 114 valence electrons. The van der Waals surface area contributed by atoms with Crippen LogP contribution in [-0.4, -0.2) is 11.9 Å². The molecule has 0 saturated carbocycles. The van der Waals surface area contributed by atoms with Gasteiger partial charge in [-0.05, 0) is 42.3 Å². The number of rotatable bonds is 4. The molecule has 22 heavy (non-hydrogen) atoms. The lowest BCUT2D eigenvalue weighted by Gasteiger charge is -2.12. The van der Waals surface area contributed by atoms with E-state index in [-0.39, 0.29) is 23.9 Å². The Bertz CT molecular complexity index is 673. The fourth-order valence-electron chi connectivity index (χ4n) is 2.36. The zero-order valence-electron chi connectivity index (χ0n) is 12.2. The van der Waals surface area contributed by atoms with Gasteiger partial charge in [-0.2, -0.15) is 0 Å². The molecule has 0 spiro atoms. The average Bonchev–Trinajstić information content (AvgIpc) is 2.85. The van der Waals surface area contributed by atoms with Crippen molar-refractivity contribution in [2.75, 3.05) is 0 Å². The van der Waals surface area contributed by atoms with E-state index in [0.29, 0.717) is 12.4 Å². The van der Waals surface area contributed by atoms with Gasteiger partial charge in [0.1, 0.15) is 24.3 Å². The van der Waals surface area contributed by atoms with Crippen LogP contribution in [0.4, 0.5) is 4.39 Å². The second-order valence-electron chi connectivity index (χ2n) is 5.32.